The molecule has 2 fully saturated rings. The van der Waals surface area contributed by atoms with Crippen molar-refractivity contribution in [3.8, 4) is 0 Å². The molecule has 26 heavy (non-hydrogen) atoms. The summed E-state index contributed by atoms with van der Waals surface area (Å²) in [5, 5.41) is 11.6. The number of hydrogen-bond acceptors (Lipinski definition) is 7. The molecule has 2 atom stereocenters. The molecule has 1 aliphatic carbocycles. The fraction of sp³-hybridized carbons (Fsp3) is 0.529. The minimum atomic E-state index is -0.506. The summed E-state index contributed by atoms with van der Waals surface area (Å²) in [6.07, 6.45) is 2.80. The highest BCUT2D eigenvalue weighted by atomic mass is 32.1. The molecule has 138 valence electrons. The molecular formula is C17H20N4O4S. The van der Waals surface area contributed by atoms with Crippen LogP contribution in [0.2, 0.25) is 0 Å². The number of hydrogen-bond donors (Lipinski definition) is 1. The van der Waals surface area contributed by atoms with E-state index < -0.39 is 5.54 Å². The van der Waals surface area contributed by atoms with Crippen LogP contribution in [0.3, 0.4) is 0 Å². The fourth-order valence-electron chi connectivity index (χ4n) is 3.96. The van der Waals surface area contributed by atoms with Crippen LogP contribution in [0, 0.1) is 5.92 Å². The Labute approximate surface area is 154 Å². The zero-order valence-electron chi connectivity index (χ0n) is 14.7. The van der Waals surface area contributed by atoms with Gasteiger partial charge in [0.15, 0.2) is 0 Å². The highest BCUT2D eigenvalue weighted by Crippen LogP contribution is 2.57. The predicted molar refractivity (Wildman–Crippen MR) is 93.7 cm³/mol. The fourth-order valence-corrected chi connectivity index (χ4v) is 4.86. The van der Waals surface area contributed by atoms with Crippen LogP contribution in [0.25, 0.3) is 0 Å². The number of aromatic nitrogens is 2. The molecule has 1 N–H and O–H groups in total. The lowest BCUT2D eigenvalue weighted by Gasteiger charge is -2.46. The van der Waals surface area contributed by atoms with E-state index in [0.29, 0.717) is 34.1 Å². The molecule has 0 aromatic carbocycles. The summed E-state index contributed by atoms with van der Waals surface area (Å²) in [4.78, 5) is 26.8. The first kappa shape index (κ1) is 17.2. The van der Waals surface area contributed by atoms with Crippen molar-refractivity contribution in [1.29, 1.82) is 0 Å². The molecule has 2 aromatic heterocycles. The summed E-state index contributed by atoms with van der Waals surface area (Å²) in [5.41, 5.74) is -0.506. The highest BCUT2D eigenvalue weighted by Gasteiger charge is 2.61. The topological polar surface area (TPSA) is 97.6 Å². The lowest BCUT2D eigenvalue weighted by molar-refractivity contribution is -0.114. The zero-order valence-corrected chi connectivity index (χ0v) is 15.5. The smallest absolute Gasteiger partial charge is 0.264 e. The number of nitrogens with one attached hydrogen (secondary N) is 1. The highest BCUT2D eigenvalue weighted by molar-refractivity contribution is 7.18. The van der Waals surface area contributed by atoms with Crippen molar-refractivity contribution in [3.05, 3.63) is 28.8 Å². The molecule has 1 aliphatic heterocycles. The van der Waals surface area contributed by atoms with Gasteiger partial charge in [0.25, 0.3) is 5.91 Å². The van der Waals surface area contributed by atoms with Crippen LogP contribution in [0.4, 0.5) is 5.00 Å². The maximum atomic E-state index is 13.2. The van der Waals surface area contributed by atoms with Gasteiger partial charge in [-0.2, -0.15) is 0 Å². The Balaban J connectivity index is 1.61. The molecule has 3 heterocycles. The van der Waals surface area contributed by atoms with E-state index in [1.54, 1.807) is 19.2 Å². The Morgan fingerprint density at radius 2 is 2.27 bits per heavy atom. The largest absolute Gasteiger partial charge is 0.420 e. The number of fused-ring (bicyclic) bond motifs is 1. The third-order valence-electron chi connectivity index (χ3n) is 5.20. The van der Waals surface area contributed by atoms with Gasteiger partial charge in [-0.3, -0.25) is 9.59 Å². The van der Waals surface area contributed by atoms with E-state index in [0.717, 1.165) is 19.3 Å². The van der Waals surface area contributed by atoms with E-state index in [1.807, 2.05) is 4.90 Å². The van der Waals surface area contributed by atoms with E-state index in [-0.39, 0.29) is 18.4 Å². The second kappa shape index (κ2) is 6.48. The minimum Gasteiger partial charge on any atom is -0.420 e. The van der Waals surface area contributed by atoms with Crippen molar-refractivity contribution in [2.24, 2.45) is 5.92 Å². The van der Waals surface area contributed by atoms with Crippen LogP contribution in [0.5, 0.6) is 0 Å². The first-order valence-electron chi connectivity index (χ1n) is 8.56. The molecule has 9 heteroatoms. The summed E-state index contributed by atoms with van der Waals surface area (Å²) in [5.74, 6) is 1.06. The lowest BCUT2D eigenvalue weighted by Crippen LogP contribution is -2.53. The van der Waals surface area contributed by atoms with Gasteiger partial charge in [-0.15, -0.1) is 21.5 Å². The Morgan fingerprint density at radius 1 is 1.42 bits per heavy atom. The number of carbonyl (C=O) groups is 2. The van der Waals surface area contributed by atoms with Crippen molar-refractivity contribution in [3.63, 3.8) is 0 Å². The molecule has 1 saturated heterocycles. The van der Waals surface area contributed by atoms with Gasteiger partial charge in [0.1, 0.15) is 12.1 Å². The minimum absolute atomic E-state index is 0.0553. The average Bonchev–Trinajstić information content (AvgIpc) is 3.27. The number of methoxy groups -OCH3 is 1. The van der Waals surface area contributed by atoms with E-state index in [1.165, 1.54) is 18.3 Å². The summed E-state index contributed by atoms with van der Waals surface area (Å²) < 4.78 is 10.9. The van der Waals surface area contributed by atoms with Crippen LogP contribution in [-0.2, 0) is 21.7 Å². The van der Waals surface area contributed by atoms with Crippen LogP contribution in [-0.4, -0.2) is 40.6 Å². The Kier molecular flexibility index (Phi) is 4.28. The van der Waals surface area contributed by atoms with Crippen molar-refractivity contribution in [1.82, 2.24) is 15.1 Å². The third kappa shape index (κ3) is 2.62. The first-order chi connectivity index (χ1) is 12.5. The predicted octanol–water partition coefficient (Wildman–Crippen LogP) is 2.39. The molecular weight excluding hydrogens is 356 g/mol. The SMILES string of the molecule is COCc1nnc([C@]23CC[C@H]2CCN3C(=O)c2ccc(NC(C)=O)s2)o1. The number of likely N-dealkylation sites (tertiary alicyclic amines) is 1. The molecule has 4 rings (SSSR count). The Bertz CT molecular complexity index is 847. The van der Waals surface area contributed by atoms with Crippen LogP contribution >= 0.6 is 11.3 Å². The molecule has 0 spiro atoms. The quantitative estimate of drug-likeness (QED) is 0.860. The van der Waals surface area contributed by atoms with Gasteiger partial charge in [-0.05, 0) is 37.3 Å². The zero-order chi connectivity index (χ0) is 18.3. The Hall–Kier alpha value is -2.26. The second-order valence-electron chi connectivity index (χ2n) is 6.68. The van der Waals surface area contributed by atoms with Crippen LogP contribution < -0.4 is 5.32 Å². The lowest BCUT2D eigenvalue weighted by atomic mass is 9.67. The standard InChI is InChI=1S/C17H20N4O4S/c1-10(22)18-14-4-3-12(26-14)15(23)21-8-6-11-5-7-17(11,21)16-20-19-13(25-16)9-24-2/h3-4,11H,5-9H2,1-2H3,(H,18,22)/t11-,17-/m0/s1. The average molecular weight is 376 g/mol. The number of amides is 2. The monoisotopic (exact) mass is 376 g/mol. The maximum Gasteiger partial charge on any atom is 0.264 e. The number of ether oxygens (including phenoxy) is 1. The van der Waals surface area contributed by atoms with E-state index in [4.69, 9.17) is 9.15 Å². The molecule has 0 unspecified atom stereocenters. The van der Waals surface area contributed by atoms with Gasteiger partial charge >= 0.3 is 0 Å². The number of thiophene rings is 1. The molecule has 2 aromatic rings. The maximum absolute atomic E-state index is 13.2. The van der Waals surface area contributed by atoms with Gasteiger partial charge in [-0.25, -0.2) is 0 Å². The van der Waals surface area contributed by atoms with Gasteiger partial charge in [-0.1, -0.05) is 0 Å². The van der Waals surface area contributed by atoms with Crippen molar-refractivity contribution in [2.45, 2.75) is 38.3 Å². The molecule has 0 bridgehead atoms. The van der Waals surface area contributed by atoms with Gasteiger partial charge in [0.05, 0.1) is 9.88 Å². The second-order valence-corrected chi connectivity index (χ2v) is 7.77. The van der Waals surface area contributed by atoms with Gasteiger partial charge < -0.3 is 19.4 Å². The number of rotatable bonds is 5. The number of nitrogens with zero attached hydrogens (tertiary/aromatic N) is 3. The van der Waals surface area contributed by atoms with Crippen molar-refractivity contribution in [2.75, 3.05) is 19.0 Å². The van der Waals surface area contributed by atoms with Gasteiger partial charge in [0.2, 0.25) is 17.7 Å². The van der Waals surface area contributed by atoms with E-state index in [2.05, 4.69) is 15.5 Å². The van der Waals surface area contributed by atoms with E-state index in [9.17, 15) is 9.59 Å². The summed E-state index contributed by atoms with van der Waals surface area (Å²) in [6.45, 7) is 2.37. The number of anilines is 1. The summed E-state index contributed by atoms with van der Waals surface area (Å²) >= 11 is 1.28. The normalized spacial score (nSPS) is 24.2. The summed E-state index contributed by atoms with van der Waals surface area (Å²) in [6, 6.07) is 3.51. The van der Waals surface area contributed by atoms with Gasteiger partial charge in [0, 0.05) is 20.6 Å². The molecule has 1 saturated carbocycles. The van der Waals surface area contributed by atoms with Crippen molar-refractivity contribution >= 4 is 28.2 Å². The summed E-state index contributed by atoms with van der Waals surface area (Å²) in [7, 11) is 1.57. The molecule has 2 amide bonds. The first-order valence-corrected chi connectivity index (χ1v) is 9.37. The van der Waals surface area contributed by atoms with Crippen LogP contribution in [0.1, 0.15) is 47.6 Å². The molecule has 8 nitrogen and oxygen atoms in total. The van der Waals surface area contributed by atoms with Crippen molar-refractivity contribution < 1.29 is 18.7 Å². The van der Waals surface area contributed by atoms with Crippen LogP contribution in [0.15, 0.2) is 16.5 Å². The molecule has 2 aliphatic rings. The van der Waals surface area contributed by atoms with E-state index >= 15 is 0 Å². The third-order valence-corrected chi connectivity index (χ3v) is 6.19. The Morgan fingerprint density at radius 3 is 2.96 bits per heavy atom. The molecule has 0 radical (unpaired) electrons. The number of carbonyl (C=O) groups excluding carboxylic acids is 2.